The number of likely N-dealkylation sites (tertiary alicyclic amines) is 2. The van der Waals surface area contributed by atoms with Crippen LogP contribution in [0.1, 0.15) is 136 Å². The second kappa shape index (κ2) is 22.5. The van der Waals surface area contributed by atoms with E-state index in [0.717, 1.165) is 117 Å². The Labute approximate surface area is 396 Å². The van der Waals surface area contributed by atoms with Gasteiger partial charge in [0.25, 0.3) is 0 Å². The molecule has 2 aliphatic rings. The molecule has 4 amide bonds. The smallest absolute Gasteiger partial charge is 0.250 e. The van der Waals surface area contributed by atoms with Crippen molar-refractivity contribution in [2.75, 3.05) is 13.1 Å². The maximum atomic E-state index is 14.2. The zero-order valence-corrected chi connectivity index (χ0v) is 39.6. The van der Waals surface area contributed by atoms with E-state index in [1.165, 1.54) is 0 Å². The topological polar surface area (TPSA) is 125 Å². The summed E-state index contributed by atoms with van der Waals surface area (Å²) in [7, 11) is 0. The van der Waals surface area contributed by atoms with E-state index in [-0.39, 0.29) is 35.7 Å². The number of unbranched alkanes of at least 4 members (excludes halogenated alkanes) is 4. The fourth-order valence-corrected chi connectivity index (χ4v) is 11.3. The first-order chi connectivity index (χ1) is 32.3. The molecule has 10 nitrogen and oxygen atoms in total. The third-order valence-corrected chi connectivity index (χ3v) is 15.0. The number of rotatable bonds is 19. The van der Waals surface area contributed by atoms with Gasteiger partial charge in [0.1, 0.15) is 22.1 Å². The van der Waals surface area contributed by atoms with Gasteiger partial charge in [-0.05, 0) is 71.9 Å². The quantitative estimate of drug-likeness (QED) is 0.0780. The molecule has 66 heavy (non-hydrogen) atoms. The van der Waals surface area contributed by atoms with E-state index >= 15 is 0 Å². The van der Waals surface area contributed by atoms with Crippen molar-refractivity contribution in [3.8, 4) is 32.0 Å². The second-order valence-electron chi connectivity index (χ2n) is 17.4. The van der Waals surface area contributed by atoms with E-state index in [4.69, 9.17) is 9.97 Å². The Hall–Kier alpha value is -5.98. The number of aromatic nitrogens is 2. The summed E-state index contributed by atoms with van der Waals surface area (Å²) in [5, 5.41) is 7.95. The first kappa shape index (κ1) is 46.5. The molecule has 2 aromatic heterocycles. The van der Waals surface area contributed by atoms with Crippen LogP contribution < -0.4 is 10.6 Å². The highest BCUT2D eigenvalue weighted by Gasteiger charge is 2.38. The predicted molar refractivity (Wildman–Crippen MR) is 264 cm³/mol. The zero-order valence-electron chi connectivity index (χ0n) is 38.0. The van der Waals surface area contributed by atoms with Crippen molar-refractivity contribution in [1.29, 1.82) is 0 Å². The molecule has 2 fully saturated rings. The molecule has 0 saturated carbocycles. The normalized spacial score (nSPS) is 16.8. The van der Waals surface area contributed by atoms with Crippen molar-refractivity contribution >= 4 is 46.3 Å². The average Bonchev–Trinajstić information content (AvgIpc) is 4.21. The second-order valence-corrected chi connectivity index (χ2v) is 19.5. The molecule has 2 aliphatic heterocycles. The van der Waals surface area contributed by atoms with Crippen molar-refractivity contribution in [2.45, 2.75) is 115 Å². The molecule has 0 aliphatic carbocycles. The fraction of sp³-hybridized carbons (Fsp3) is 0.370. The summed E-state index contributed by atoms with van der Waals surface area (Å²) in [4.78, 5) is 70.0. The molecular weight excluding hydrogens is 861 g/mol. The third kappa shape index (κ3) is 11.2. The fourth-order valence-electron chi connectivity index (χ4n) is 9.11. The van der Waals surface area contributed by atoms with Crippen LogP contribution in [0, 0.1) is 0 Å². The van der Waals surface area contributed by atoms with Gasteiger partial charge in [-0.3, -0.25) is 19.2 Å². The molecular formula is C54H60N6O4S2. The van der Waals surface area contributed by atoms with Gasteiger partial charge in [-0.1, -0.05) is 149 Å². The number of hydrogen-bond acceptors (Lipinski definition) is 8. The van der Waals surface area contributed by atoms with Crippen molar-refractivity contribution in [2.24, 2.45) is 0 Å². The van der Waals surface area contributed by atoms with E-state index in [9.17, 15) is 19.2 Å². The van der Waals surface area contributed by atoms with Crippen LogP contribution in [0.4, 0.5) is 0 Å². The van der Waals surface area contributed by atoms with Gasteiger partial charge in [0, 0.05) is 38.3 Å². The van der Waals surface area contributed by atoms with E-state index in [1.807, 2.05) is 82.9 Å². The summed E-state index contributed by atoms with van der Waals surface area (Å²) in [6, 6.07) is 34.4. The van der Waals surface area contributed by atoms with Crippen molar-refractivity contribution in [3.05, 3.63) is 143 Å². The number of carbonyl (C=O) groups is 4. The molecule has 6 aromatic rings. The highest BCUT2D eigenvalue weighted by molar-refractivity contribution is 7.15. The highest BCUT2D eigenvalue weighted by Crippen LogP contribution is 2.41. The van der Waals surface area contributed by atoms with Gasteiger partial charge in [-0.15, -0.1) is 22.7 Å². The van der Waals surface area contributed by atoms with Crippen LogP contribution >= 0.6 is 22.7 Å². The maximum absolute atomic E-state index is 14.2. The van der Waals surface area contributed by atoms with E-state index in [1.54, 1.807) is 22.7 Å². The molecule has 0 radical (unpaired) electrons. The molecule has 4 aromatic carbocycles. The lowest BCUT2D eigenvalue weighted by Crippen LogP contribution is -2.42. The largest absolute Gasteiger partial charge is 0.341 e. The summed E-state index contributed by atoms with van der Waals surface area (Å²) >= 11 is 3.25. The zero-order chi connectivity index (χ0) is 45.8. The number of amides is 4. The van der Waals surface area contributed by atoms with Crippen LogP contribution in [0.2, 0.25) is 0 Å². The van der Waals surface area contributed by atoms with Gasteiger partial charge < -0.3 is 20.4 Å². The van der Waals surface area contributed by atoms with Gasteiger partial charge in [0.15, 0.2) is 0 Å². The molecule has 0 unspecified atom stereocenters. The first-order valence-electron chi connectivity index (χ1n) is 23.7. The predicted octanol–water partition coefficient (Wildman–Crippen LogP) is 11.8. The van der Waals surface area contributed by atoms with E-state index in [2.05, 4.69) is 73.0 Å². The maximum Gasteiger partial charge on any atom is 0.250 e. The Kier molecular flexibility index (Phi) is 15.9. The number of carbonyl (C=O) groups excluding carboxylic acids is 4. The van der Waals surface area contributed by atoms with Crippen LogP contribution in [0.3, 0.4) is 0 Å². The van der Waals surface area contributed by atoms with Crippen LogP contribution in [0.5, 0.6) is 0 Å². The highest BCUT2D eigenvalue weighted by atomic mass is 32.1. The summed E-state index contributed by atoms with van der Waals surface area (Å²) in [5.41, 5.74) is 5.92. The summed E-state index contributed by atoms with van der Waals surface area (Å²) in [6.45, 7) is 5.48. The minimum absolute atomic E-state index is 0.0869. The van der Waals surface area contributed by atoms with Crippen LogP contribution in [-0.2, 0) is 19.2 Å². The first-order valence-corrected chi connectivity index (χ1v) is 25.4. The lowest BCUT2D eigenvalue weighted by atomic mass is 10.0. The Morgan fingerprint density at radius 1 is 0.545 bits per heavy atom. The van der Waals surface area contributed by atoms with Crippen molar-refractivity contribution < 1.29 is 19.2 Å². The van der Waals surface area contributed by atoms with Gasteiger partial charge in [-0.2, -0.15) is 0 Å². The number of thiazole rings is 2. The summed E-state index contributed by atoms with van der Waals surface area (Å²) in [6.07, 6.45) is 13.7. The van der Waals surface area contributed by atoms with Crippen molar-refractivity contribution in [1.82, 2.24) is 30.4 Å². The Balaban J connectivity index is 0.910. The third-order valence-electron chi connectivity index (χ3n) is 12.7. The molecule has 4 atom stereocenters. The molecule has 0 spiro atoms. The number of benzene rings is 4. The number of hydrogen-bond donors (Lipinski definition) is 2. The monoisotopic (exact) mass is 920 g/mol. The molecule has 2 saturated heterocycles. The van der Waals surface area contributed by atoms with Crippen LogP contribution in [0.25, 0.3) is 32.0 Å². The van der Waals surface area contributed by atoms with Crippen molar-refractivity contribution in [3.63, 3.8) is 0 Å². The standard InChI is InChI=1S/C54H60N6O4S2/c1-3-5-9-23-47(61)57-49(41-17-11-7-12-18-41)53(63)59-33-15-21-43(59)51-55-35-45(65-51)39-29-25-37(26-30-39)38-27-31-40(32-28-38)46-36-56-52(66-46)44-22-16-34-60(44)54(64)50(42-19-13-8-14-20-42)58-48(62)24-10-6-4-2/h7-8,11-14,17-20,25-32,35-36,43-44,49-50H,3-6,9-10,15-16,21-24,33-34H2,1-2H3,(H,57,61)(H,58,62)/t43-,44-,49+,50+/m0/s1. The van der Waals surface area contributed by atoms with E-state index < -0.39 is 12.1 Å². The lowest BCUT2D eigenvalue weighted by molar-refractivity contribution is -0.137. The Morgan fingerprint density at radius 2 is 0.924 bits per heavy atom. The van der Waals surface area contributed by atoms with Crippen LogP contribution in [0.15, 0.2) is 122 Å². The molecule has 2 N–H and O–H groups in total. The number of nitrogens with one attached hydrogen (secondary N) is 2. The molecule has 8 rings (SSSR count). The average molecular weight is 921 g/mol. The molecule has 342 valence electrons. The number of nitrogens with zero attached hydrogens (tertiary/aromatic N) is 4. The summed E-state index contributed by atoms with van der Waals surface area (Å²) in [5.74, 6) is -0.362. The van der Waals surface area contributed by atoms with Gasteiger partial charge in [-0.25, -0.2) is 9.97 Å². The molecule has 0 bridgehead atoms. The minimum atomic E-state index is -0.734. The van der Waals surface area contributed by atoms with E-state index in [0.29, 0.717) is 25.9 Å². The van der Waals surface area contributed by atoms with Gasteiger partial charge in [0.05, 0.1) is 21.8 Å². The molecule has 4 heterocycles. The lowest BCUT2D eigenvalue weighted by Gasteiger charge is -2.28. The molecule has 12 heteroatoms. The Bertz CT molecular complexity index is 2370. The van der Waals surface area contributed by atoms with Gasteiger partial charge in [0.2, 0.25) is 23.6 Å². The Morgan fingerprint density at radius 3 is 1.30 bits per heavy atom. The van der Waals surface area contributed by atoms with Crippen LogP contribution in [-0.4, -0.2) is 56.5 Å². The van der Waals surface area contributed by atoms with Gasteiger partial charge >= 0.3 is 0 Å². The SMILES string of the molecule is CCCCCC(=O)N[C@@H](C(=O)N1CCC[C@H]1c1ncc(-c2ccc(-c3ccc(-c4cnc([C@@H]5CCCN5C(=O)[C@H](NC(=O)CCCCC)c5ccccc5)s4)cc3)cc2)s1)c1ccccc1. The minimum Gasteiger partial charge on any atom is -0.341 e. The summed E-state index contributed by atoms with van der Waals surface area (Å²) < 4.78 is 0.